The number of piperidine rings is 2. The number of thiazole rings is 2. The molecule has 2 aliphatic carbocycles. The van der Waals surface area contributed by atoms with Gasteiger partial charge in [0, 0.05) is 87.5 Å². The number of hydrogen-bond acceptors (Lipinski definition) is 15. The van der Waals surface area contributed by atoms with Crippen molar-refractivity contribution in [1.82, 2.24) is 39.7 Å². The highest BCUT2D eigenvalue weighted by Gasteiger charge is 2.36. The second-order valence-electron chi connectivity index (χ2n) is 17.9. The molecule has 0 spiro atoms. The Morgan fingerprint density at radius 3 is 1.53 bits per heavy atom. The van der Waals surface area contributed by atoms with Crippen LogP contribution in [0.1, 0.15) is 95.4 Å². The molecule has 2 N–H and O–H groups in total. The molecule has 6 aromatic rings. The fraction of sp³-hybridized carbons (Fsp3) is 0.500. The summed E-state index contributed by atoms with van der Waals surface area (Å²) in [5, 5.41) is 9.04. The van der Waals surface area contributed by atoms with Gasteiger partial charge in [0.2, 0.25) is 11.8 Å². The van der Waals surface area contributed by atoms with Crippen molar-refractivity contribution in [2.24, 2.45) is 0 Å². The summed E-state index contributed by atoms with van der Waals surface area (Å²) >= 11 is 3.40. The minimum Gasteiger partial charge on any atom is -0.473 e. The number of para-hydroxylation sites is 2. The van der Waals surface area contributed by atoms with Gasteiger partial charge >= 0.3 is 6.09 Å². The van der Waals surface area contributed by atoms with Crippen molar-refractivity contribution >= 4 is 59.5 Å². The molecule has 1 amide bonds. The summed E-state index contributed by atoms with van der Waals surface area (Å²) in [7, 11) is 2.18. The number of amides is 1. The Labute approximate surface area is 370 Å². The Morgan fingerprint density at radius 1 is 0.645 bits per heavy atom. The topological polar surface area (TPSA) is 153 Å². The van der Waals surface area contributed by atoms with Gasteiger partial charge in [-0.2, -0.15) is 0 Å². The Kier molecular flexibility index (Phi) is 12.7. The predicted molar refractivity (Wildman–Crippen MR) is 245 cm³/mol. The number of ether oxygens (including phenoxy) is 3. The van der Waals surface area contributed by atoms with E-state index in [-0.39, 0.29) is 24.2 Å². The molecule has 2 aliphatic heterocycles. The van der Waals surface area contributed by atoms with E-state index >= 15 is 0 Å². The summed E-state index contributed by atoms with van der Waals surface area (Å²) in [5.74, 6) is 2.04. The SMILES string of the molecule is CC(C)(C)OC(=O)N1CCC(c2nccnc2OC2CC(Nc3nc4ccccc4s3)C2)CC1.CN1CCC(c2nccnc2OC2CC(Nc3nc4ccccc4s3)C2)CC1. The third kappa shape index (κ3) is 10.4. The maximum atomic E-state index is 12.4. The van der Waals surface area contributed by atoms with E-state index in [1.54, 1.807) is 52.4 Å². The molecule has 6 heterocycles. The first-order chi connectivity index (χ1) is 30.1. The van der Waals surface area contributed by atoms with E-state index in [2.05, 4.69) is 76.8 Å². The van der Waals surface area contributed by atoms with E-state index in [9.17, 15) is 4.79 Å². The first-order valence-electron chi connectivity index (χ1n) is 21.9. The second kappa shape index (κ2) is 18.7. The molecule has 16 heteroatoms. The molecule has 4 aromatic heterocycles. The van der Waals surface area contributed by atoms with Crippen LogP contribution in [-0.2, 0) is 4.74 Å². The molecular formula is C46H56N10O4S2. The normalized spacial score (nSPS) is 22.2. The third-order valence-electron chi connectivity index (χ3n) is 12.0. The van der Waals surface area contributed by atoms with Crippen molar-refractivity contribution in [2.75, 3.05) is 43.9 Å². The Morgan fingerprint density at radius 2 is 1.08 bits per heavy atom. The number of benzene rings is 2. The number of likely N-dealkylation sites (tertiary alicyclic amines) is 2. The van der Waals surface area contributed by atoms with Gasteiger partial charge in [0.1, 0.15) is 29.2 Å². The van der Waals surface area contributed by atoms with Crippen LogP contribution in [-0.4, -0.2) is 109 Å². The third-order valence-corrected chi connectivity index (χ3v) is 13.9. The van der Waals surface area contributed by atoms with Crippen molar-refractivity contribution in [3.05, 3.63) is 84.7 Å². The number of fused-ring (bicyclic) bond motifs is 2. The number of rotatable bonds is 10. The van der Waals surface area contributed by atoms with Gasteiger partial charge in [-0.05, 0) is 90.9 Å². The van der Waals surface area contributed by atoms with Gasteiger partial charge in [-0.25, -0.2) is 24.7 Å². The lowest BCUT2D eigenvalue weighted by Crippen LogP contribution is -2.43. The zero-order valence-corrected chi connectivity index (χ0v) is 37.5. The molecule has 326 valence electrons. The molecule has 0 bridgehead atoms. The van der Waals surface area contributed by atoms with Crippen molar-refractivity contribution in [2.45, 2.75) is 114 Å². The molecule has 14 nitrogen and oxygen atoms in total. The minimum atomic E-state index is -0.484. The number of carbonyl (C=O) groups excluding carboxylic acids is 1. The standard InChI is InChI=1S/C25H31N5O3S.C21H25N5OS/c1-25(2,3)33-24(31)30-12-8-16(9-13-30)21-22(27-11-10-26-21)32-18-14-17(15-18)28-23-29-19-6-4-5-7-20(19)34-23;1-26-10-6-14(7-11-26)19-20(23-9-8-22-19)27-16-12-15(13-16)24-21-25-17-4-2-3-5-18(17)28-21/h4-7,10-11,16-18H,8-9,12-15H2,1-3H3,(H,28,29);2-5,8-9,14-16H,6-7,10-13H2,1H3,(H,24,25). The molecular weight excluding hydrogens is 821 g/mol. The summed E-state index contributed by atoms with van der Waals surface area (Å²) in [6, 6.07) is 17.2. The van der Waals surface area contributed by atoms with Crippen molar-refractivity contribution in [3.63, 3.8) is 0 Å². The van der Waals surface area contributed by atoms with Crippen molar-refractivity contribution < 1.29 is 19.0 Å². The van der Waals surface area contributed by atoms with Crippen LogP contribution in [0.2, 0.25) is 0 Å². The van der Waals surface area contributed by atoms with Gasteiger partial charge in [-0.15, -0.1) is 0 Å². The molecule has 62 heavy (non-hydrogen) atoms. The molecule has 0 unspecified atom stereocenters. The van der Waals surface area contributed by atoms with Gasteiger partial charge in [-0.3, -0.25) is 9.97 Å². The van der Waals surface area contributed by atoms with Gasteiger partial charge in [0.15, 0.2) is 10.3 Å². The zero-order chi connectivity index (χ0) is 42.6. The number of anilines is 2. The van der Waals surface area contributed by atoms with E-state index in [4.69, 9.17) is 14.2 Å². The quantitative estimate of drug-likeness (QED) is 0.135. The number of nitrogens with one attached hydrogen (secondary N) is 2. The van der Waals surface area contributed by atoms with Crippen LogP contribution in [0.3, 0.4) is 0 Å². The maximum absolute atomic E-state index is 12.4. The van der Waals surface area contributed by atoms with Crippen LogP contribution < -0.4 is 20.1 Å². The van der Waals surface area contributed by atoms with Crippen molar-refractivity contribution in [1.29, 1.82) is 0 Å². The van der Waals surface area contributed by atoms with E-state index < -0.39 is 5.60 Å². The molecule has 4 fully saturated rings. The highest BCUT2D eigenvalue weighted by atomic mass is 32.1. The van der Waals surface area contributed by atoms with Crippen LogP contribution in [0.5, 0.6) is 11.8 Å². The molecule has 2 aromatic carbocycles. The van der Waals surface area contributed by atoms with Gasteiger partial charge in [0.05, 0.1) is 20.4 Å². The summed E-state index contributed by atoms with van der Waals surface area (Å²) < 4.78 is 20.4. The average Bonchev–Trinajstić information content (AvgIpc) is 3.86. The summed E-state index contributed by atoms with van der Waals surface area (Å²) in [6.07, 6.45) is 14.6. The van der Waals surface area contributed by atoms with E-state index in [1.807, 2.05) is 45.0 Å². The van der Waals surface area contributed by atoms with Gasteiger partial charge < -0.3 is 34.6 Å². The Hall–Kier alpha value is -5.19. The predicted octanol–water partition coefficient (Wildman–Crippen LogP) is 9.14. The van der Waals surface area contributed by atoms with E-state index in [1.165, 1.54) is 9.40 Å². The van der Waals surface area contributed by atoms with Crippen LogP contribution in [0.4, 0.5) is 15.1 Å². The molecule has 10 rings (SSSR count). The number of nitrogens with zero attached hydrogens (tertiary/aromatic N) is 8. The second-order valence-corrected chi connectivity index (χ2v) is 20.0. The molecule has 2 saturated heterocycles. The molecule has 0 radical (unpaired) electrons. The molecule has 0 atom stereocenters. The van der Waals surface area contributed by atoms with E-state index in [0.717, 1.165) is 103 Å². The van der Waals surface area contributed by atoms with E-state index in [0.29, 0.717) is 37.0 Å². The Balaban J connectivity index is 0.000000161. The fourth-order valence-electron chi connectivity index (χ4n) is 8.45. The maximum Gasteiger partial charge on any atom is 0.410 e. The largest absolute Gasteiger partial charge is 0.473 e. The first-order valence-corrected chi connectivity index (χ1v) is 23.6. The first kappa shape index (κ1) is 42.1. The van der Waals surface area contributed by atoms with Gasteiger partial charge in [-0.1, -0.05) is 46.9 Å². The smallest absolute Gasteiger partial charge is 0.410 e. The monoisotopic (exact) mass is 876 g/mol. The van der Waals surface area contributed by atoms with Gasteiger partial charge in [0.25, 0.3) is 0 Å². The highest BCUT2D eigenvalue weighted by Crippen LogP contribution is 2.38. The molecule has 4 aliphatic rings. The number of hydrogen-bond donors (Lipinski definition) is 2. The Bertz CT molecular complexity index is 2360. The lowest BCUT2D eigenvalue weighted by Gasteiger charge is -2.36. The minimum absolute atomic E-state index is 0.115. The highest BCUT2D eigenvalue weighted by molar-refractivity contribution is 7.22. The lowest BCUT2D eigenvalue weighted by molar-refractivity contribution is 0.0202. The number of carbonyl (C=O) groups is 1. The van der Waals surface area contributed by atoms with Crippen LogP contribution in [0, 0.1) is 0 Å². The van der Waals surface area contributed by atoms with Crippen LogP contribution in [0.25, 0.3) is 20.4 Å². The molecule has 2 saturated carbocycles. The fourth-order valence-corrected chi connectivity index (χ4v) is 10.3. The summed E-state index contributed by atoms with van der Waals surface area (Å²) in [6.45, 7) is 9.18. The average molecular weight is 877 g/mol. The summed E-state index contributed by atoms with van der Waals surface area (Å²) in [4.78, 5) is 44.1. The number of aromatic nitrogens is 6. The van der Waals surface area contributed by atoms with Crippen molar-refractivity contribution in [3.8, 4) is 11.8 Å². The lowest BCUT2D eigenvalue weighted by atomic mass is 9.89. The summed E-state index contributed by atoms with van der Waals surface area (Å²) in [5.41, 5.74) is 3.54. The van der Waals surface area contributed by atoms with Crippen LogP contribution >= 0.6 is 22.7 Å². The van der Waals surface area contributed by atoms with Crippen LogP contribution in [0.15, 0.2) is 73.3 Å². The zero-order valence-electron chi connectivity index (χ0n) is 35.9.